The average Bonchev–Trinajstić information content (AvgIpc) is 3.43. The van der Waals surface area contributed by atoms with Crippen molar-refractivity contribution in [2.75, 3.05) is 31.6 Å². The van der Waals surface area contributed by atoms with Gasteiger partial charge >= 0.3 is 0 Å². The Morgan fingerprint density at radius 3 is 2.77 bits per heavy atom. The van der Waals surface area contributed by atoms with Crippen LogP contribution in [0.2, 0.25) is 0 Å². The van der Waals surface area contributed by atoms with Crippen LogP contribution >= 0.6 is 24.0 Å². The van der Waals surface area contributed by atoms with Crippen LogP contribution in [-0.2, 0) is 6.54 Å². The van der Waals surface area contributed by atoms with E-state index in [0.29, 0.717) is 18.5 Å². The number of nitrogens with one attached hydrogen (secondary N) is 2. The summed E-state index contributed by atoms with van der Waals surface area (Å²) in [5.74, 6) is 2.98. The van der Waals surface area contributed by atoms with Crippen LogP contribution in [0, 0.1) is 0 Å². The third-order valence-corrected chi connectivity index (χ3v) is 5.67. The fraction of sp³-hybridized carbons (Fsp3) is 0.565. The van der Waals surface area contributed by atoms with Crippen molar-refractivity contribution in [1.29, 1.82) is 0 Å². The predicted molar refractivity (Wildman–Crippen MR) is 137 cm³/mol. The summed E-state index contributed by atoms with van der Waals surface area (Å²) in [5, 5.41) is 11.2. The molecule has 1 aliphatic heterocycles. The predicted octanol–water partition coefficient (Wildman–Crippen LogP) is 4.54. The normalized spacial score (nSPS) is 16.4. The maximum Gasteiger partial charge on any atom is 0.191 e. The number of ether oxygens (including phenoxy) is 1. The standard InChI is InChI=1S/C23H35N5O2.HI/c1-5-17(6-2)20-14-19(30-27-20)15-25-23(24-7-3)26-18-12-13-28(16-18)21-10-8-9-11-22(21)29-4;/h8-11,14,17-18H,5-7,12-13,15-16H2,1-4H3,(H2,24,25,26);1H. The molecular weight excluding hydrogens is 505 g/mol. The first-order valence-electron chi connectivity index (χ1n) is 11.1. The molecule has 1 aromatic carbocycles. The van der Waals surface area contributed by atoms with Gasteiger partial charge in [-0.1, -0.05) is 31.1 Å². The molecule has 8 heteroatoms. The molecule has 1 unspecified atom stereocenters. The quantitative estimate of drug-likeness (QED) is 0.276. The van der Waals surface area contributed by atoms with Gasteiger partial charge in [0.05, 0.1) is 18.5 Å². The molecule has 2 N–H and O–H groups in total. The SMILES string of the molecule is CCNC(=NCc1cc(C(CC)CC)no1)NC1CCN(c2ccccc2OC)C1.I. The van der Waals surface area contributed by atoms with Crippen molar-refractivity contribution in [3.63, 3.8) is 0 Å². The van der Waals surface area contributed by atoms with E-state index in [1.807, 2.05) is 18.2 Å². The molecule has 1 fully saturated rings. The van der Waals surface area contributed by atoms with Crippen LogP contribution in [0.3, 0.4) is 0 Å². The van der Waals surface area contributed by atoms with E-state index in [1.54, 1.807) is 7.11 Å². The van der Waals surface area contributed by atoms with Crippen molar-refractivity contribution in [2.24, 2.45) is 4.99 Å². The lowest BCUT2D eigenvalue weighted by Gasteiger charge is -2.22. The number of aliphatic imine (C=N–C) groups is 1. The summed E-state index contributed by atoms with van der Waals surface area (Å²) in [5.41, 5.74) is 2.17. The van der Waals surface area contributed by atoms with Gasteiger partial charge in [0.25, 0.3) is 0 Å². The van der Waals surface area contributed by atoms with E-state index in [9.17, 15) is 0 Å². The number of rotatable bonds is 9. The van der Waals surface area contributed by atoms with E-state index in [-0.39, 0.29) is 24.0 Å². The van der Waals surface area contributed by atoms with Gasteiger partial charge in [-0.3, -0.25) is 0 Å². The van der Waals surface area contributed by atoms with Gasteiger partial charge in [0.15, 0.2) is 11.7 Å². The van der Waals surface area contributed by atoms with E-state index < -0.39 is 0 Å². The summed E-state index contributed by atoms with van der Waals surface area (Å²) in [6.07, 6.45) is 3.18. The Kier molecular flexibility index (Phi) is 10.4. The molecule has 0 amide bonds. The van der Waals surface area contributed by atoms with Crippen LogP contribution in [0.4, 0.5) is 5.69 Å². The second kappa shape index (κ2) is 12.8. The molecule has 31 heavy (non-hydrogen) atoms. The minimum absolute atomic E-state index is 0. The summed E-state index contributed by atoms with van der Waals surface area (Å²) in [6.45, 7) is 9.63. The molecule has 2 heterocycles. The Balaban J connectivity index is 0.00000341. The molecule has 0 aliphatic carbocycles. The number of nitrogens with zero attached hydrogens (tertiary/aromatic N) is 3. The first kappa shape index (κ1) is 25.3. The van der Waals surface area contributed by atoms with Crippen LogP contribution < -0.4 is 20.3 Å². The molecule has 7 nitrogen and oxygen atoms in total. The van der Waals surface area contributed by atoms with Gasteiger partial charge in [0.1, 0.15) is 12.3 Å². The van der Waals surface area contributed by atoms with Crippen LogP contribution in [0.25, 0.3) is 0 Å². The second-order valence-corrected chi connectivity index (χ2v) is 7.67. The van der Waals surface area contributed by atoms with Gasteiger partial charge in [0.2, 0.25) is 0 Å². The van der Waals surface area contributed by atoms with E-state index >= 15 is 0 Å². The lowest BCUT2D eigenvalue weighted by molar-refractivity contribution is 0.372. The van der Waals surface area contributed by atoms with Crippen LogP contribution in [-0.4, -0.2) is 43.9 Å². The Bertz CT molecular complexity index is 822. The molecule has 172 valence electrons. The van der Waals surface area contributed by atoms with Crippen LogP contribution in [0.5, 0.6) is 5.75 Å². The molecule has 0 saturated carbocycles. The number of guanidine groups is 1. The van der Waals surface area contributed by atoms with Gasteiger partial charge < -0.3 is 24.8 Å². The number of para-hydroxylation sites is 2. The Hall–Kier alpha value is -1.97. The van der Waals surface area contributed by atoms with Gasteiger partial charge in [-0.05, 0) is 38.3 Å². The van der Waals surface area contributed by atoms with Gasteiger partial charge in [-0.25, -0.2) is 4.99 Å². The van der Waals surface area contributed by atoms with Crippen molar-refractivity contribution < 1.29 is 9.26 Å². The molecule has 1 aliphatic rings. The number of aromatic nitrogens is 1. The van der Waals surface area contributed by atoms with E-state index in [1.165, 1.54) is 0 Å². The van der Waals surface area contributed by atoms with Crippen LogP contribution in [0.15, 0.2) is 39.8 Å². The molecule has 0 bridgehead atoms. The third-order valence-electron chi connectivity index (χ3n) is 5.67. The van der Waals surface area contributed by atoms with Crippen molar-refractivity contribution in [2.45, 2.75) is 58.5 Å². The monoisotopic (exact) mass is 541 g/mol. The highest BCUT2D eigenvalue weighted by atomic mass is 127. The lowest BCUT2D eigenvalue weighted by atomic mass is 9.99. The van der Waals surface area contributed by atoms with Gasteiger partial charge in [0, 0.05) is 37.7 Å². The average molecular weight is 541 g/mol. The van der Waals surface area contributed by atoms with E-state index in [2.05, 4.69) is 53.6 Å². The summed E-state index contributed by atoms with van der Waals surface area (Å²) >= 11 is 0. The zero-order valence-electron chi connectivity index (χ0n) is 19.1. The first-order valence-corrected chi connectivity index (χ1v) is 11.1. The van der Waals surface area contributed by atoms with Crippen LogP contribution in [0.1, 0.15) is 57.4 Å². The van der Waals surface area contributed by atoms with Gasteiger partial charge in [-0.15, -0.1) is 24.0 Å². The molecule has 1 aromatic heterocycles. The molecule has 3 rings (SSSR count). The number of anilines is 1. The first-order chi connectivity index (χ1) is 14.7. The number of halogens is 1. The van der Waals surface area contributed by atoms with Crippen molar-refractivity contribution in [3.05, 3.63) is 41.8 Å². The fourth-order valence-corrected chi connectivity index (χ4v) is 3.96. The Morgan fingerprint density at radius 1 is 1.29 bits per heavy atom. The zero-order chi connectivity index (χ0) is 21.3. The highest BCUT2D eigenvalue weighted by Gasteiger charge is 2.25. The Morgan fingerprint density at radius 2 is 2.06 bits per heavy atom. The number of hydrogen-bond acceptors (Lipinski definition) is 5. The lowest BCUT2D eigenvalue weighted by Crippen LogP contribution is -2.44. The van der Waals surface area contributed by atoms with Crippen molar-refractivity contribution in [3.8, 4) is 5.75 Å². The van der Waals surface area contributed by atoms with Crippen molar-refractivity contribution >= 4 is 35.6 Å². The molecule has 0 spiro atoms. The molecule has 1 atom stereocenters. The van der Waals surface area contributed by atoms with E-state index in [0.717, 1.165) is 67.7 Å². The maximum absolute atomic E-state index is 5.52. The number of benzene rings is 1. The summed E-state index contributed by atoms with van der Waals surface area (Å²) in [6, 6.07) is 10.5. The number of methoxy groups -OCH3 is 1. The minimum Gasteiger partial charge on any atom is -0.495 e. The topological polar surface area (TPSA) is 74.9 Å². The summed E-state index contributed by atoms with van der Waals surface area (Å²) in [7, 11) is 1.72. The second-order valence-electron chi connectivity index (χ2n) is 7.67. The largest absolute Gasteiger partial charge is 0.495 e. The highest BCUT2D eigenvalue weighted by Crippen LogP contribution is 2.30. The minimum atomic E-state index is 0. The summed E-state index contributed by atoms with van der Waals surface area (Å²) < 4.78 is 11.0. The molecular formula is C23H36IN5O2. The van der Waals surface area contributed by atoms with Crippen molar-refractivity contribution in [1.82, 2.24) is 15.8 Å². The molecule has 2 aromatic rings. The number of hydrogen-bond donors (Lipinski definition) is 2. The zero-order valence-corrected chi connectivity index (χ0v) is 21.4. The molecule has 1 saturated heterocycles. The smallest absolute Gasteiger partial charge is 0.191 e. The highest BCUT2D eigenvalue weighted by molar-refractivity contribution is 14.0. The molecule has 0 radical (unpaired) electrons. The maximum atomic E-state index is 5.52. The third kappa shape index (κ3) is 6.75. The Labute approximate surface area is 203 Å². The summed E-state index contributed by atoms with van der Waals surface area (Å²) in [4.78, 5) is 7.08. The van der Waals surface area contributed by atoms with E-state index in [4.69, 9.17) is 14.3 Å². The fourth-order valence-electron chi connectivity index (χ4n) is 3.96. The van der Waals surface area contributed by atoms with Gasteiger partial charge in [-0.2, -0.15) is 0 Å².